The van der Waals surface area contributed by atoms with Gasteiger partial charge in [0.25, 0.3) is 0 Å². The van der Waals surface area contributed by atoms with Crippen molar-refractivity contribution in [3.63, 3.8) is 0 Å². The second kappa shape index (κ2) is 7.00. The van der Waals surface area contributed by atoms with E-state index >= 15 is 0 Å². The van der Waals surface area contributed by atoms with E-state index in [0.29, 0.717) is 24.1 Å². The molecular formula is C18H24FN3O3. The summed E-state index contributed by atoms with van der Waals surface area (Å²) in [6, 6.07) is 3.10. The van der Waals surface area contributed by atoms with E-state index < -0.39 is 11.9 Å². The molecule has 1 saturated carbocycles. The molecule has 0 unspecified atom stereocenters. The lowest BCUT2D eigenvalue weighted by atomic mass is 9.89. The number of hydrogen-bond acceptors (Lipinski definition) is 3. The van der Waals surface area contributed by atoms with Gasteiger partial charge in [0.05, 0.1) is 12.6 Å². The highest BCUT2D eigenvalue weighted by Gasteiger charge is 2.38. The largest absolute Gasteiger partial charge is 0.393 e. The van der Waals surface area contributed by atoms with Gasteiger partial charge in [-0.05, 0) is 42.5 Å². The van der Waals surface area contributed by atoms with Gasteiger partial charge in [0.1, 0.15) is 11.9 Å². The number of fused-ring (bicyclic) bond motifs is 1. The lowest BCUT2D eigenvalue weighted by Gasteiger charge is -2.37. The zero-order valence-corrected chi connectivity index (χ0v) is 14.5. The normalized spacial score (nSPS) is 26.8. The Kier molecular flexibility index (Phi) is 4.94. The maximum Gasteiger partial charge on any atom is 0.318 e. The summed E-state index contributed by atoms with van der Waals surface area (Å²) in [5.74, 6) is -0.710. The van der Waals surface area contributed by atoms with Gasteiger partial charge in [0.2, 0.25) is 5.91 Å². The summed E-state index contributed by atoms with van der Waals surface area (Å²) < 4.78 is 13.6. The van der Waals surface area contributed by atoms with Gasteiger partial charge in [-0.1, -0.05) is 20.3 Å². The van der Waals surface area contributed by atoms with Crippen LogP contribution in [0.25, 0.3) is 0 Å². The standard InChI is InChI=1S/C18H24FN3O3/c1-3-10(2)16-17(24)21-15-5-4-12(19)6-11(15)9-22(16)18(25)20-13-7-14(23)8-13/h4-6,10,13-14,16,23H,3,7-9H2,1-2H3,(H,20,25)(H,21,24)/t10-,13-,14+,16-/m0/s1. The molecule has 0 spiro atoms. The van der Waals surface area contributed by atoms with Crippen LogP contribution < -0.4 is 10.6 Å². The number of rotatable bonds is 3. The smallest absolute Gasteiger partial charge is 0.318 e. The van der Waals surface area contributed by atoms with Crippen LogP contribution in [0.4, 0.5) is 14.9 Å². The van der Waals surface area contributed by atoms with Crippen molar-refractivity contribution in [3.8, 4) is 0 Å². The van der Waals surface area contributed by atoms with Gasteiger partial charge >= 0.3 is 6.03 Å². The molecular weight excluding hydrogens is 325 g/mol. The van der Waals surface area contributed by atoms with Crippen molar-refractivity contribution in [2.24, 2.45) is 5.92 Å². The number of anilines is 1. The first-order chi connectivity index (χ1) is 11.9. The Bertz CT molecular complexity index is 676. The molecule has 0 bridgehead atoms. The predicted molar refractivity (Wildman–Crippen MR) is 91.4 cm³/mol. The number of benzene rings is 1. The van der Waals surface area contributed by atoms with E-state index in [4.69, 9.17) is 0 Å². The molecule has 1 heterocycles. The summed E-state index contributed by atoms with van der Waals surface area (Å²) in [6.07, 6.45) is 1.39. The van der Waals surface area contributed by atoms with E-state index in [9.17, 15) is 19.1 Å². The first-order valence-electron chi connectivity index (χ1n) is 8.73. The predicted octanol–water partition coefficient (Wildman–Crippen LogP) is 2.23. The average Bonchev–Trinajstić information content (AvgIpc) is 2.68. The molecule has 3 N–H and O–H groups in total. The minimum absolute atomic E-state index is 0.0445. The lowest BCUT2D eigenvalue weighted by Crippen LogP contribution is -2.56. The number of carbonyl (C=O) groups excluding carboxylic acids is 2. The van der Waals surface area contributed by atoms with Gasteiger partial charge in [-0.15, -0.1) is 0 Å². The Labute approximate surface area is 146 Å². The van der Waals surface area contributed by atoms with Gasteiger partial charge in [-0.2, -0.15) is 0 Å². The molecule has 0 aromatic heterocycles. The Hall–Kier alpha value is -2.15. The molecule has 3 rings (SSSR count). The molecule has 0 radical (unpaired) electrons. The van der Waals surface area contributed by atoms with Crippen molar-refractivity contribution in [2.75, 3.05) is 5.32 Å². The molecule has 2 aliphatic rings. The van der Waals surface area contributed by atoms with Crippen molar-refractivity contribution >= 4 is 17.6 Å². The zero-order chi connectivity index (χ0) is 18.1. The number of hydrogen-bond donors (Lipinski definition) is 3. The summed E-state index contributed by atoms with van der Waals surface area (Å²) in [4.78, 5) is 27.0. The van der Waals surface area contributed by atoms with Crippen molar-refractivity contribution in [1.29, 1.82) is 0 Å². The van der Waals surface area contributed by atoms with E-state index in [2.05, 4.69) is 10.6 Å². The fraction of sp³-hybridized carbons (Fsp3) is 0.556. The third-order valence-electron chi connectivity index (χ3n) is 5.15. The Morgan fingerprint density at radius 2 is 2.20 bits per heavy atom. The highest BCUT2D eigenvalue weighted by atomic mass is 19.1. The molecule has 1 aliphatic heterocycles. The van der Waals surface area contributed by atoms with Crippen LogP contribution in [0.2, 0.25) is 0 Å². The van der Waals surface area contributed by atoms with E-state index in [1.807, 2.05) is 13.8 Å². The first-order valence-corrected chi connectivity index (χ1v) is 8.73. The van der Waals surface area contributed by atoms with Gasteiger partial charge in [0.15, 0.2) is 0 Å². The van der Waals surface area contributed by atoms with Crippen LogP contribution in [0.5, 0.6) is 0 Å². The molecule has 1 aromatic rings. The highest BCUT2D eigenvalue weighted by molar-refractivity contribution is 5.98. The maximum absolute atomic E-state index is 13.6. The minimum Gasteiger partial charge on any atom is -0.393 e. The summed E-state index contributed by atoms with van der Waals surface area (Å²) in [5, 5.41) is 15.1. The van der Waals surface area contributed by atoms with Crippen molar-refractivity contribution in [2.45, 2.75) is 57.8 Å². The average molecular weight is 349 g/mol. The number of amides is 3. The van der Waals surface area contributed by atoms with Crippen molar-refractivity contribution in [3.05, 3.63) is 29.6 Å². The molecule has 6 nitrogen and oxygen atoms in total. The van der Waals surface area contributed by atoms with E-state index in [-0.39, 0.29) is 36.5 Å². The topological polar surface area (TPSA) is 81.7 Å². The van der Waals surface area contributed by atoms with Crippen LogP contribution in [0.15, 0.2) is 18.2 Å². The van der Waals surface area contributed by atoms with Gasteiger partial charge in [-0.25, -0.2) is 9.18 Å². The molecule has 2 atom stereocenters. The second-order valence-corrected chi connectivity index (χ2v) is 7.02. The summed E-state index contributed by atoms with van der Waals surface area (Å²) >= 11 is 0. The molecule has 1 fully saturated rings. The van der Waals surface area contributed by atoms with Crippen LogP contribution in [0.1, 0.15) is 38.7 Å². The molecule has 0 saturated heterocycles. The molecule has 136 valence electrons. The maximum atomic E-state index is 13.6. The summed E-state index contributed by atoms with van der Waals surface area (Å²) in [6.45, 7) is 4.05. The minimum atomic E-state index is -0.634. The lowest BCUT2D eigenvalue weighted by molar-refractivity contribution is -0.122. The third kappa shape index (κ3) is 3.61. The number of nitrogens with zero attached hydrogens (tertiary/aromatic N) is 1. The van der Waals surface area contributed by atoms with E-state index in [1.165, 1.54) is 23.1 Å². The number of aliphatic hydroxyl groups excluding tert-OH is 1. The number of carbonyl (C=O) groups is 2. The van der Waals surface area contributed by atoms with Gasteiger partial charge in [0, 0.05) is 11.7 Å². The van der Waals surface area contributed by atoms with E-state index in [0.717, 1.165) is 6.42 Å². The number of halogens is 1. The number of aliphatic hydroxyl groups is 1. The fourth-order valence-corrected chi connectivity index (χ4v) is 3.40. The Morgan fingerprint density at radius 1 is 1.48 bits per heavy atom. The number of urea groups is 1. The first kappa shape index (κ1) is 17.7. The molecule has 7 heteroatoms. The van der Waals surface area contributed by atoms with Crippen LogP contribution >= 0.6 is 0 Å². The summed E-state index contributed by atoms with van der Waals surface area (Å²) in [5.41, 5.74) is 1.11. The van der Waals surface area contributed by atoms with Gasteiger partial charge in [-0.3, -0.25) is 4.79 Å². The third-order valence-corrected chi connectivity index (χ3v) is 5.15. The Morgan fingerprint density at radius 3 is 2.84 bits per heavy atom. The molecule has 1 aromatic carbocycles. The summed E-state index contributed by atoms with van der Waals surface area (Å²) in [7, 11) is 0. The zero-order valence-electron chi connectivity index (χ0n) is 14.5. The molecule has 25 heavy (non-hydrogen) atoms. The molecule has 1 aliphatic carbocycles. The van der Waals surface area contributed by atoms with Crippen LogP contribution in [-0.2, 0) is 11.3 Å². The van der Waals surface area contributed by atoms with Crippen molar-refractivity contribution in [1.82, 2.24) is 10.2 Å². The SMILES string of the molecule is CC[C@H](C)[C@H]1C(=O)Nc2ccc(F)cc2CN1C(=O)N[C@H]1C[C@@H](O)C1. The second-order valence-electron chi connectivity index (χ2n) is 7.02. The number of nitrogens with one attached hydrogen (secondary N) is 2. The van der Waals surface area contributed by atoms with Gasteiger partial charge < -0.3 is 20.6 Å². The van der Waals surface area contributed by atoms with Crippen LogP contribution in [0, 0.1) is 11.7 Å². The van der Waals surface area contributed by atoms with Crippen LogP contribution in [0.3, 0.4) is 0 Å². The molecule has 3 amide bonds. The quantitative estimate of drug-likeness (QED) is 0.783. The van der Waals surface area contributed by atoms with E-state index in [1.54, 1.807) is 0 Å². The van der Waals surface area contributed by atoms with Crippen LogP contribution in [-0.4, -0.2) is 40.1 Å². The van der Waals surface area contributed by atoms with Crippen molar-refractivity contribution < 1.29 is 19.1 Å². The Balaban J connectivity index is 1.88. The monoisotopic (exact) mass is 349 g/mol. The highest BCUT2D eigenvalue weighted by Crippen LogP contribution is 2.28. The fourth-order valence-electron chi connectivity index (χ4n) is 3.40.